The molecule has 4 atom stereocenters. The number of hydrogen-bond acceptors (Lipinski definition) is 13. The average molecular weight is 454 g/mol. The Morgan fingerprint density at radius 2 is 1.78 bits per heavy atom. The van der Waals surface area contributed by atoms with E-state index >= 15 is 0 Å². The number of hydrogen-bond donors (Lipinski definition) is 2. The standard InChI is InChI=1S/C16H18N6O10/c1-5(23)29-4-8-10(30-6(2)24)11(31-7(3)25)14(32-8)21-12-9(18-16(21)22(27)28)13(26)20-15(17)19-12/h8,10-11,14H,4H2,1-3H3,(H3,17,19,20,26). The monoisotopic (exact) mass is 454 g/mol. The fraction of sp³-hybridized carbons (Fsp3) is 0.500. The number of aromatic amines is 1. The molecule has 3 N–H and O–H groups in total. The van der Waals surface area contributed by atoms with E-state index in [9.17, 15) is 29.3 Å². The average Bonchev–Trinajstić information content (AvgIpc) is 3.18. The lowest BCUT2D eigenvalue weighted by Crippen LogP contribution is -2.40. The number of rotatable bonds is 6. The van der Waals surface area contributed by atoms with E-state index in [1.165, 1.54) is 0 Å². The highest BCUT2D eigenvalue weighted by atomic mass is 16.7. The Balaban J connectivity index is 2.20. The predicted molar refractivity (Wildman–Crippen MR) is 101 cm³/mol. The molecule has 2 aromatic heterocycles. The van der Waals surface area contributed by atoms with Crippen LogP contribution >= 0.6 is 0 Å². The number of H-pyrrole nitrogens is 1. The third-order valence-corrected chi connectivity index (χ3v) is 4.31. The molecule has 0 amide bonds. The van der Waals surface area contributed by atoms with Crippen LogP contribution in [0, 0.1) is 10.1 Å². The van der Waals surface area contributed by atoms with Gasteiger partial charge in [0.2, 0.25) is 23.9 Å². The third-order valence-electron chi connectivity index (χ3n) is 4.31. The number of nitro groups is 1. The molecule has 1 aliphatic heterocycles. The number of aromatic nitrogens is 4. The van der Waals surface area contributed by atoms with Crippen LogP contribution < -0.4 is 11.3 Å². The Kier molecular flexibility index (Phi) is 6.06. The Bertz CT molecular complexity index is 1160. The van der Waals surface area contributed by atoms with Gasteiger partial charge in [-0.05, 0) is 4.92 Å². The molecule has 1 aliphatic rings. The molecule has 0 aliphatic carbocycles. The van der Waals surface area contributed by atoms with Gasteiger partial charge in [0.25, 0.3) is 11.1 Å². The maximum atomic E-state index is 12.2. The molecule has 0 bridgehead atoms. The molecule has 32 heavy (non-hydrogen) atoms. The zero-order valence-electron chi connectivity index (χ0n) is 17.0. The summed E-state index contributed by atoms with van der Waals surface area (Å²) in [5.41, 5.74) is 3.94. The van der Waals surface area contributed by atoms with Gasteiger partial charge in [-0.15, -0.1) is 0 Å². The second kappa shape index (κ2) is 8.58. The van der Waals surface area contributed by atoms with Crippen molar-refractivity contribution in [3.8, 4) is 0 Å². The summed E-state index contributed by atoms with van der Waals surface area (Å²) in [7, 11) is 0. The van der Waals surface area contributed by atoms with Crippen molar-refractivity contribution in [2.75, 3.05) is 12.3 Å². The lowest BCUT2D eigenvalue weighted by atomic mass is 10.1. The van der Waals surface area contributed by atoms with Gasteiger partial charge < -0.3 is 34.8 Å². The Morgan fingerprint density at radius 1 is 1.16 bits per heavy atom. The van der Waals surface area contributed by atoms with Gasteiger partial charge in [0.15, 0.2) is 6.10 Å². The maximum Gasteiger partial charge on any atom is 0.439 e. The van der Waals surface area contributed by atoms with Crippen LogP contribution in [0.15, 0.2) is 4.79 Å². The Morgan fingerprint density at radius 3 is 2.34 bits per heavy atom. The molecule has 2 aromatic rings. The SMILES string of the molecule is CC(=O)OCC1OC(n2c([N+](=O)[O-])nc3c(=O)[nH]c(N)nc32)C(OC(C)=O)C1OC(C)=O. The first-order valence-corrected chi connectivity index (χ1v) is 9.05. The second-order valence-electron chi connectivity index (χ2n) is 6.68. The van der Waals surface area contributed by atoms with Crippen molar-refractivity contribution in [1.82, 2.24) is 19.5 Å². The normalized spacial score (nSPS) is 22.5. The number of anilines is 1. The summed E-state index contributed by atoms with van der Waals surface area (Å²) in [4.78, 5) is 67.3. The Labute approximate surface area is 177 Å². The number of nitrogens with zero attached hydrogens (tertiary/aromatic N) is 4. The molecule has 0 aromatic carbocycles. The highest BCUT2D eigenvalue weighted by Crippen LogP contribution is 2.38. The van der Waals surface area contributed by atoms with Gasteiger partial charge in [0.1, 0.15) is 12.7 Å². The van der Waals surface area contributed by atoms with E-state index in [0.717, 1.165) is 25.3 Å². The molecule has 3 rings (SSSR count). The van der Waals surface area contributed by atoms with Gasteiger partial charge in [-0.1, -0.05) is 4.98 Å². The van der Waals surface area contributed by atoms with Gasteiger partial charge in [-0.25, -0.2) is 0 Å². The van der Waals surface area contributed by atoms with Crippen LogP contribution in [-0.2, 0) is 33.3 Å². The molecule has 0 saturated carbocycles. The number of ether oxygens (including phenoxy) is 4. The highest BCUT2D eigenvalue weighted by molar-refractivity contribution is 5.73. The summed E-state index contributed by atoms with van der Waals surface area (Å²) < 4.78 is 21.9. The van der Waals surface area contributed by atoms with Crippen LogP contribution in [0.5, 0.6) is 0 Å². The van der Waals surface area contributed by atoms with Crippen molar-refractivity contribution < 1.29 is 38.3 Å². The maximum absolute atomic E-state index is 12.2. The van der Waals surface area contributed by atoms with Gasteiger partial charge >= 0.3 is 23.9 Å². The fourth-order valence-corrected chi connectivity index (χ4v) is 3.25. The van der Waals surface area contributed by atoms with Crippen molar-refractivity contribution in [2.24, 2.45) is 0 Å². The largest absolute Gasteiger partial charge is 0.463 e. The van der Waals surface area contributed by atoms with Crippen molar-refractivity contribution in [3.05, 3.63) is 20.5 Å². The van der Waals surface area contributed by atoms with E-state index in [2.05, 4.69) is 15.0 Å². The molecule has 1 saturated heterocycles. The molecule has 16 heteroatoms. The van der Waals surface area contributed by atoms with Gasteiger partial charge in [-0.2, -0.15) is 9.55 Å². The predicted octanol–water partition coefficient (Wildman–Crippen LogP) is -1.07. The van der Waals surface area contributed by atoms with Crippen LogP contribution in [0.2, 0.25) is 0 Å². The first kappa shape index (κ1) is 22.6. The van der Waals surface area contributed by atoms with Crippen LogP contribution in [-0.4, -0.2) is 67.3 Å². The van der Waals surface area contributed by atoms with Crippen molar-refractivity contribution in [3.63, 3.8) is 0 Å². The summed E-state index contributed by atoms with van der Waals surface area (Å²) in [6.07, 6.45) is -5.50. The first-order chi connectivity index (χ1) is 15.0. The molecule has 0 spiro atoms. The van der Waals surface area contributed by atoms with Crippen LogP contribution in [0.25, 0.3) is 11.2 Å². The van der Waals surface area contributed by atoms with Crippen LogP contribution in [0.3, 0.4) is 0 Å². The minimum absolute atomic E-state index is 0.338. The summed E-state index contributed by atoms with van der Waals surface area (Å²) >= 11 is 0. The highest BCUT2D eigenvalue weighted by Gasteiger charge is 2.54. The Hall–Kier alpha value is -4.08. The van der Waals surface area contributed by atoms with E-state index in [1.54, 1.807) is 0 Å². The topological polar surface area (TPSA) is 221 Å². The van der Waals surface area contributed by atoms with E-state index in [-0.39, 0.29) is 11.6 Å². The number of imidazole rings is 1. The second-order valence-corrected chi connectivity index (χ2v) is 6.68. The van der Waals surface area contributed by atoms with E-state index in [4.69, 9.17) is 24.7 Å². The number of carbonyl (C=O) groups excluding carboxylic acids is 3. The number of nitrogens with two attached hydrogens (primary N) is 1. The zero-order chi connectivity index (χ0) is 23.7. The van der Waals surface area contributed by atoms with Crippen molar-refractivity contribution in [2.45, 2.75) is 45.3 Å². The van der Waals surface area contributed by atoms with E-state index < -0.39 is 71.0 Å². The van der Waals surface area contributed by atoms with E-state index in [1.807, 2.05) is 0 Å². The molecule has 0 radical (unpaired) electrons. The summed E-state index contributed by atoms with van der Waals surface area (Å²) in [6, 6.07) is 0. The summed E-state index contributed by atoms with van der Waals surface area (Å²) in [6.45, 7) is 2.84. The third kappa shape index (κ3) is 4.34. The molecule has 1 fully saturated rings. The number of fused-ring (bicyclic) bond motifs is 1. The molecular weight excluding hydrogens is 436 g/mol. The van der Waals surface area contributed by atoms with Gasteiger partial charge in [-0.3, -0.25) is 24.2 Å². The molecular formula is C16H18N6O10. The van der Waals surface area contributed by atoms with Crippen molar-refractivity contribution >= 4 is 41.0 Å². The number of esters is 3. The fourth-order valence-electron chi connectivity index (χ4n) is 3.25. The molecule has 3 heterocycles. The van der Waals surface area contributed by atoms with Gasteiger partial charge in [0.05, 0.1) is 0 Å². The first-order valence-electron chi connectivity index (χ1n) is 9.05. The zero-order valence-corrected chi connectivity index (χ0v) is 17.0. The summed E-state index contributed by atoms with van der Waals surface area (Å²) in [5.74, 6) is -3.53. The number of nitrogens with one attached hydrogen (secondary N) is 1. The van der Waals surface area contributed by atoms with E-state index in [0.29, 0.717) is 0 Å². The summed E-state index contributed by atoms with van der Waals surface area (Å²) in [5, 5.41) is 11.7. The minimum Gasteiger partial charge on any atom is -0.463 e. The molecule has 4 unspecified atom stereocenters. The smallest absolute Gasteiger partial charge is 0.439 e. The van der Waals surface area contributed by atoms with Gasteiger partial charge in [0, 0.05) is 20.8 Å². The number of carbonyl (C=O) groups is 3. The lowest BCUT2D eigenvalue weighted by molar-refractivity contribution is -0.398. The molecule has 16 nitrogen and oxygen atoms in total. The number of nitrogen functional groups attached to an aromatic ring is 1. The van der Waals surface area contributed by atoms with Crippen LogP contribution in [0.1, 0.15) is 27.0 Å². The van der Waals surface area contributed by atoms with Crippen molar-refractivity contribution in [1.29, 1.82) is 0 Å². The van der Waals surface area contributed by atoms with Crippen LogP contribution in [0.4, 0.5) is 11.9 Å². The lowest BCUT2D eigenvalue weighted by Gasteiger charge is -2.22. The molecule has 172 valence electrons. The minimum atomic E-state index is -1.54. The quantitative estimate of drug-likeness (QED) is 0.230.